The van der Waals surface area contributed by atoms with E-state index in [1.54, 1.807) is 11.3 Å². The second-order valence-electron chi connectivity index (χ2n) is 3.93. The zero-order chi connectivity index (χ0) is 11.7. The van der Waals surface area contributed by atoms with Gasteiger partial charge in [0, 0.05) is 16.0 Å². The molecule has 0 fully saturated rings. The molecule has 2 nitrogen and oxygen atoms in total. The number of rotatable bonds is 2. The molecule has 0 radical (unpaired) electrons. The van der Waals surface area contributed by atoms with Gasteiger partial charge in [-0.25, -0.2) is 4.98 Å². The van der Waals surface area contributed by atoms with Gasteiger partial charge < -0.3 is 5.73 Å². The van der Waals surface area contributed by atoms with Gasteiger partial charge in [-0.15, -0.1) is 11.3 Å². The van der Waals surface area contributed by atoms with Gasteiger partial charge in [-0.1, -0.05) is 41.9 Å². The van der Waals surface area contributed by atoms with Gasteiger partial charge in [-0.3, -0.25) is 0 Å². The van der Waals surface area contributed by atoms with Crippen LogP contribution in [-0.2, 0) is 0 Å². The van der Waals surface area contributed by atoms with Crippen molar-refractivity contribution in [2.24, 2.45) is 0 Å². The van der Waals surface area contributed by atoms with Crippen molar-refractivity contribution < 1.29 is 0 Å². The molecule has 84 valence electrons. The lowest BCUT2D eigenvalue weighted by Gasteiger charge is -1.99. The van der Waals surface area contributed by atoms with Crippen LogP contribution in [0.1, 0.15) is 24.8 Å². The summed E-state index contributed by atoms with van der Waals surface area (Å²) in [5.41, 5.74) is 7.97. The molecule has 0 aliphatic carbocycles. The van der Waals surface area contributed by atoms with Crippen molar-refractivity contribution in [3.05, 3.63) is 33.7 Å². The van der Waals surface area contributed by atoms with Gasteiger partial charge in [0.05, 0.1) is 5.01 Å². The van der Waals surface area contributed by atoms with E-state index in [9.17, 15) is 0 Å². The van der Waals surface area contributed by atoms with E-state index in [0.717, 1.165) is 25.7 Å². The van der Waals surface area contributed by atoms with Crippen LogP contribution in [0.2, 0.25) is 0 Å². The minimum absolute atomic E-state index is 0.427. The summed E-state index contributed by atoms with van der Waals surface area (Å²) in [4.78, 5) is 4.59. The molecule has 1 aromatic heterocycles. The lowest BCUT2D eigenvalue weighted by Crippen LogP contribution is -1.87. The predicted molar refractivity (Wildman–Crippen MR) is 73.8 cm³/mol. The van der Waals surface area contributed by atoms with Gasteiger partial charge in [0.25, 0.3) is 0 Å². The van der Waals surface area contributed by atoms with Crippen LogP contribution in [0.15, 0.2) is 28.7 Å². The van der Waals surface area contributed by atoms with E-state index in [4.69, 9.17) is 5.73 Å². The maximum absolute atomic E-state index is 5.99. The third-order valence-corrected chi connectivity index (χ3v) is 4.00. The highest BCUT2D eigenvalue weighted by Gasteiger charge is 2.12. The van der Waals surface area contributed by atoms with Gasteiger partial charge in [-0.05, 0) is 12.1 Å². The van der Waals surface area contributed by atoms with Crippen LogP contribution in [0.5, 0.6) is 0 Å². The van der Waals surface area contributed by atoms with Crippen molar-refractivity contribution in [1.82, 2.24) is 4.98 Å². The molecule has 2 N–H and O–H groups in total. The summed E-state index contributed by atoms with van der Waals surface area (Å²) < 4.78 is 1.06. The molecule has 1 aromatic carbocycles. The molecule has 4 heteroatoms. The van der Waals surface area contributed by atoms with E-state index >= 15 is 0 Å². The Morgan fingerprint density at radius 1 is 1.25 bits per heavy atom. The molecule has 0 atom stereocenters. The Kier molecular flexibility index (Phi) is 3.30. The average molecular weight is 297 g/mol. The lowest BCUT2D eigenvalue weighted by atomic mass is 10.1. The molecule has 0 aliphatic heterocycles. The van der Waals surface area contributed by atoms with Crippen molar-refractivity contribution in [2.75, 3.05) is 5.73 Å². The SMILES string of the molecule is CC(C)c1nc(-c2ccc(Br)cc2)c(N)s1. The molecule has 0 unspecified atom stereocenters. The van der Waals surface area contributed by atoms with Crippen LogP contribution in [-0.4, -0.2) is 4.98 Å². The largest absolute Gasteiger partial charge is 0.389 e. The number of nitrogens with two attached hydrogens (primary N) is 1. The molecular formula is C12H13BrN2S. The molecule has 16 heavy (non-hydrogen) atoms. The highest BCUT2D eigenvalue weighted by molar-refractivity contribution is 9.10. The molecule has 0 bridgehead atoms. The van der Waals surface area contributed by atoms with Gasteiger partial charge in [0.1, 0.15) is 10.7 Å². The van der Waals surface area contributed by atoms with E-state index < -0.39 is 0 Å². The number of anilines is 1. The van der Waals surface area contributed by atoms with Crippen molar-refractivity contribution in [1.29, 1.82) is 0 Å². The van der Waals surface area contributed by atoms with Crippen molar-refractivity contribution >= 4 is 32.3 Å². The van der Waals surface area contributed by atoms with Crippen molar-refractivity contribution in [2.45, 2.75) is 19.8 Å². The number of nitrogen functional groups attached to an aromatic ring is 1. The molecule has 2 rings (SSSR count). The van der Waals surface area contributed by atoms with Crippen LogP contribution < -0.4 is 5.73 Å². The van der Waals surface area contributed by atoms with Gasteiger partial charge in [0.15, 0.2) is 0 Å². The fourth-order valence-corrected chi connectivity index (χ4v) is 2.53. The normalized spacial score (nSPS) is 11.0. The summed E-state index contributed by atoms with van der Waals surface area (Å²) in [6.45, 7) is 4.26. The zero-order valence-corrected chi connectivity index (χ0v) is 11.6. The fraction of sp³-hybridized carbons (Fsp3) is 0.250. The smallest absolute Gasteiger partial charge is 0.114 e. The number of thiazole rings is 1. The number of nitrogens with zero attached hydrogens (tertiary/aromatic N) is 1. The van der Waals surface area contributed by atoms with E-state index in [2.05, 4.69) is 34.8 Å². The predicted octanol–water partition coefficient (Wildman–Crippen LogP) is 4.28. The van der Waals surface area contributed by atoms with Crippen molar-refractivity contribution in [3.63, 3.8) is 0 Å². The van der Waals surface area contributed by atoms with E-state index in [1.807, 2.05) is 24.3 Å². The fourth-order valence-electron chi connectivity index (χ4n) is 1.41. The summed E-state index contributed by atoms with van der Waals surface area (Å²) in [6, 6.07) is 8.06. The first kappa shape index (κ1) is 11.6. The Hall–Kier alpha value is -0.870. The maximum atomic E-state index is 5.99. The number of benzene rings is 1. The van der Waals surface area contributed by atoms with Crippen LogP contribution >= 0.6 is 27.3 Å². The molecule has 0 amide bonds. The second kappa shape index (κ2) is 4.55. The van der Waals surface area contributed by atoms with Gasteiger partial charge >= 0.3 is 0 Å². The van der Waals surface area contributed by atoms with Gasteiger partial charge in [0.2, 0.25) is 0 Å². The quantitative estimate of drug-likeness (QED) is 0.898. The van der Waals surface area contributed by atoms with Crippen LogP contribution in [0, 0.1) is 0 Å². The van der Waals surface area contributed by atoms with Crippen molar-refractivity contribution in [3.8, 4) is 11.3 Å². The number of hydrogen-bond donors (Lipinski definition) is 1. The highest BCUT2D eigenvalue weighted by atomic mass is 79.9. The molecular weight excluding hydrogens is 284 g/mol. The average Bonchev–Trinajstić information content (AvgIpc) is 2.62. The van der Waals surface area contributed by atoms with E-state index in [0.29, 0.717) is 5.92 Å². The second-order valence-corrected chi connectivity index (χ2v) is 5.90. The molecule has 0 aliphatic rings. The summed E-state index contributed by atoms with van der Waals surface area (Å²) in [6.07, 6.45) is 0. The summed E-state index contributed by atoms with van der Waals surface area (Å²) in [5.74, 6) is 0.427. The minimum Gasteiger partial charge on any atom is -0.389 e. The highest BCUT2D eigenvalue weighted by Crippen LogP contribution is 2.34. The lowest BCUT2D eigenvalue weighted by molar-refractivity contribution is 0.854. The molecule has 1 heterocycles. The maximum Gasteiger partial charge on any atom is 0.114 e. The first-order valence-electron chi connectivity index (χ1n) is 5.10. The third-order valence-electron chi connectivity index (χ3n) is 2.28. The number of halogens is 1. The topological polar surface area (TPSA) is 38.9 Å². The van der Waals surface area contributed by atoms with Crippen LogP contribution in [0.25, 0.3) is 11.3 Å². The summed E-state index contributed by atoms with van der Waals surface area (Å²) in [7, 11) is 0. The first-order chi connectivity index (χ1) is 7.58. The summed E-state index contributed by atoms with van der Waals surface area (Å²) in [5, 5.41) is 1.89. The summed E-state index contributed by atoms with van der Waals surface area (Å²) >= 11 is 4.99. The Labute approximate surface area is 108 Å². The Morgan fingerprint density at radius 3 is 2.38 bits per heavy atom. The molecule has 2 aromatic rings. The monoisotopic (exact) mass is 296 g/mol. The molecule has 0 saturated heterocycles. The Morgan fingerprint density at radius 2 is 1.88 bits per heavy atom. The standard InChI is InChI=1S/C12H13BrN2S/c1-7(2)12-15-10(11(14)16-12)8-3-5-9(13)6-4-8/h3-7H,14H2,1-2H3. The van der Waals surface area contributed by atoms with E-state index in [1.165, 1.54) is 0 Å². The molecule has 0 spiro atoms. The van der Waals surface area contributed by atoms with E-state index in [-0.39, 0.29) is 0 Å². The third kappa shape index (κ3) is 2.28. The zero-order valence-electron chi connectivity index (χ0n) is 9.20. The first-order valence-corrected chi connectivity index (χ1v) is 6.71. The minimum atomic E-state index is 0.427. The molecule has 0 saturated carbocycles. The Balaban J connectivity index is 2.44. The van der Waals surface area contributed by atoms with Crippen LogP contribution in [0.3, 0.4) is 0 Å². The number of hydrogen-bond acceptors (Lipinski definition) is 3. The Bertz CT molecular complexity index is 488. The number of aromatic nitrogens is 1. The van der Waals surface area contributed by atoms with Crippen LogP contribution in [0.4, 0.5) is 5.00 Å². The van der Waals surface area contributed by atoms with Gasteiger partial charge in [-0.2, -0.15) is 0 Å².